The predicted molar refractivity (Wildman–Crippen MR) is 140 cm³/mol. The molecule has 4 aromatic rings. The van der Waals surface area contributed by atoms with Gasteiger partial charge in [-0.15, -0.1) is 0 Å². The SMILES string of the molecule is CCn1c(C(=O)O)cc(C)c1Cc1ccc(Cn2cc(C)cn2)cc1.NCc1ccc(C(N)=O)cc1. The van der Waals surface area contributed by atoms with Crippen molar-refractivity contribution in [3.05, 3.63) is 112 Å². The Kier molecular flexibility index (Phi) is 8.81. The van der Waals surface area contributed by atoms with E-state index in [-0.39, 0.29) is 0 Å². The number of rotatable bonds is 8. The fourth-order valence-electron chi connectivity index (χ4n) is 4.00. The van der Waals surface area contributed by atoms with E-state index in [1.54, 1.807) is 30.3 Å². The molecule has 8 heteroatoms. The van der Waals surface area contributed by atoms with Crippen molar-refractivity contribution in [3.8, 4) is 0 Å². The summed E-state index contributed by atoms with van der Waals surface area (Å²) in [5, 5.41) is 13.7. The summed E-state index contributed by atoms with van der Waals surface area (Å²) in [6.07, 6.45) is 4.61. The summed E-state index contributed by atoms with van der Waals surface area (Å²) in [5.74, 6) is -1.28. The lowest BCUT2D eigenvalue weighted by Crippen LogP contribution is -2.10. The Balaban J connectivity index is 0.000000275. The number of aryl methyl sites for hydroxylation is 2. The van der Waals surface area contributed by atoms with E-state index in [1.807, 2.05) is 42.4 Å². The molecule has 0 fully saturated rings. The first-order valence-electron chi connectivity index (χ1n) is 11.8. The summed E-state index contributed by atoms with van der Waals surface area (Å²) in [4.78, 5) is 22.0. The number of primary amides is 1. The van der Waals surface area contributed by atoms with E-state index >= 15 is 0 Å². The van der Waals surface area contributed by atoms with Crippen LogP contribution in [-0.4, -0.2) is 31.3 Å². The van der Waals surface area contributed by atoms with Gasteiger partial charge in [0.25, 0.3) is 0 Å². The van der Waals surface area contributed by atoms with E-state index in [1.165, 1.54) is 11.1 Å². The molecule has 2 aromatic heterocycles. The highest BCUT2D eigenvalue weighted by molar-refractivity contribution is 5.92. The van der Waals surface area contributed by atoms with Crippen molar-refractivity contribution in [2.75, 3.05) is 0 Å². The van der Waals surface area contributed by atoms with Crippen LogP contribution in [0.3, 0.4) is 0 Å². The third kappa shape index (κ3) is 6.70. The van der Waals surface area contributed by atoms with E-state index in [4.69, 9.17) is 11.5 Å². The molecule has 0 radical (unpaired) electrons. The van der Waals surface area contributed by atoms with Crippen molar-refractivity contribution in [2.45, 2.75) is 46.8 Å². The first-order chi connectivity index (χ1) is 17.2. The van der Waals surface area contributed by atoms with Crippen LogP contribution in [0.1, 0.15) is 61.3 Å². The van der Waals surface area contributed by atoms with E-state index in [2.05, 4.69) is 29.4 Å². The summed E-state index contributed by atoms with van der Waals surface area (Å²) in [7, 11) is 0. The van der Waals surface area contributed by atoms with Crippen LogP contribution in [0.15, 0.2) is 67.0 Å². The van der Waals surface area contributed by atoms with Crippen LogP contribution in [0.5, 0.6) is 0 Å². The molecule has 0 aliphatic rings. The molecule has 0 unspecified atom stereocenters. The van der Waals surface area contributed by atoms with Gasteiger partial charge in [0, 0.05) is 37.0 Å². The lowest BCUT2D eigenvalue weighted by Gasteiger charge is -2.11. The molecule has 0 aliphatic carbocycles. The zero-order valence-electron chi connectivity index (χ0n) is 20.9. The first-order valence-corrected chi connectivity index (χ1v) is 11.8. The minimum Gasteiger partial charge on any atom is -0.477 e. The summed E-state index contributed by atoms with van der Waals surface area (Å²) in [5.41, 5.74) is 17.9. The largest absolute Gasteiger partial charge is 0.477 e. The molecule has 4 rings (SSSR count). The summed E-state index contributed by atoms with van der Waals surface area (Å²) in [6, 6.07) is 17.1. The number of carboxylic acids is 1. The van der Waals surface area contributed by atoms with Gasteiger partial charge in [-0.05, 0) is 66.8 Å². The molecule has 0 spiro atoms. The number of nitrogens with two attached hydrogens (primary N) is 2. The standard InChI is InChI=1S/C20H23N3O2.C8H10N2O/c1-4-23-18(15(3)9-19(23)20(24)25)10-16-5-7-17(8-6-16)13-22-12-14(2)11-21-22;9-5-6-1-3-7(4-2-6)8(10)11/h5-9,11-12H,4,10,13H2,1-3H3,(H,24,25);1-4H,5,9H2,(H2,10,11). The Labute approximate surface area is 211 Å². The summed E-state index contributed by atoms with van der Waals surface area (Å²) < 4.78 is 3.81. The third-order valence-corrected chi connectivity index (χ3v) is 5.94. The van der Waals surface area contributed by atoms with E-state index < -0.39 is 11.9 Å². The molecule has 2 aromatic carbocycles. The zero-order chi connectivity index (χ0) is 26.2. The maximum absolute atomic E-state index is 11.4. The molecule has 0 bridgehead atoms. The van der Waals surface area contributed by atoms with Gasteiger partial charge in [0.2, 0.25) is 5.91 Å². The quantitative estimate of drug-likeness (QED) is 0.347. The van der Waals surface area contributed by atoms with Crippen molar-refractivity contribution >= 4 is 11.9 Å². The molecular formula is C28H33N5O3. The van der Waals surface area contributed by atoms with Crippen LogP contribution in [0.2, 0.25) is 0 Å². The average molecular weight is 488 g/mol. The fourth-order valence-corrected chi connectivity index (χ4v) is 4.00. The van der Waals surface area contributed by atoms with E-state index in [0.717, 1.165) is 35.3 Å². The molecule has 0 aliphatic heterocycles. The number of hydrogen-bond acceptors (Lipinski definition) is 4. The van der Waals surface area contributed by atoms with Gasteiger partial charge >= 0.3 is 5.97 Å². The van der Waals surface area contributed by atoms with Crippen LogP contribution < -0.4 is 11.5 Å². The number of aromatic nitrogens is 3. The molecule has 5 N–H and O–H groups in total. The lowest BCUT2D eigenvalue weighted by molar-refractivity contribution is 0.0684. The highest BCUT2D eigenvalue weighted by Crippen LogP contribution is 2.20. The van der Waals surface area contributed by atoms with Crippen LogP contribution >= 0.6 is 0 Å². The zero-order valence-corrected chi connectivity index (χ0v) is 20.9. The second-order valence-electron chi connectivity index (χ2n) is 8.68. The Morgan fingerprint density at radius 2 is 1.58 bits per heavy atom. The Morgan fingerprint density at radius 3 is 2.08 bits per heavy atom. The summed E-state index contributed by atoms with van der Waals surface area (Å²) in [6.45, 7) is 7.87. The molecule has 0 saturated carbocycles. The van der Waals surface area contributed by atoms with Gasteiger partial charge in [0.1, 0.15) is 5.69 Å². The van der Waals surface area contributed by atoms with Gasteiger partial charge < -0.3 is 21.1 Å². The minimum absolute atomic E-state index is 0.362. The van der Waals surface area contributed by atoms with Gasteiger partial charge in [0.15, 0.2) is 0 Å². The van der Waals surface area contributed by atoms with Gasteiger partial charge in [-0.2, -0.15) is 5.10 Å². The molecule has 1 amide bonds. The minimum atomic E-state index is -0.874. The van der Waals surface area contributed by atoms with Gasteiger partial charge in [-0.25, -0.2) is 4.79 Å². The molecule has 2 heterocycles. The first kappa shape index (κ1) is 26.4. The number of amides is 1. The lowest BCUT2D eigenvalue weighted by atomic mass is 10.1. The number of carboxylic acid groups (broad SMARTS) is 1. The molecule has 0 saturated heterocycles. The fraction of sp³-hybridized carbons (Fsp3) is 0.250. The number of benzene rings is 2. The number of carbonyl (C=O) groups excluding carboxylic acids is 1. The summed E-state index contributed by atoms with van der Waals surface area (Å²) >= 11 is 0. The molecule has 8 nitrogen and oxygen atoms in total. The van der Waals surface area contributed by atoms with Crippen LogP contribution in [0.4, 0.5) is 0 Å². The number of nitrogens with zero attached hydrogens (tertiary/aromatic N) is 3. The highest BCUT2D eigenvalue weighted by atomic mass is 16.4. The molecule has 0 atom stereocenters. The number of carbonyl (C=O) groups is 2. The van der Waals surface area contributed by atoms with Crippen LogP contribution in [0.25, 0.3) is 0 Å². The second kappa shape index (κ2) is 12.0. The smallest absolute Gasteiger partial charge is 0.352 e. The topological polar surface area (TPSA) is 129 Å². The van der Waals surface area contributed by atoms with Crippen LogP contribution in [0, 0.1) is 13.8 Å². The van der Waals surface area contributed by atoms with Crippen molar-refractivity contribution < 1.29 is 14.7 Å². The van der Waals surface area contributed by atoms with Crippen molar-refractivity contribution in [1.82, 2.24) is 14.3 Å². The Morgan fingerprint density at radius 1 is 0.972 bits per heavy atom. The third-order valence-electron chi connectivity index (χ3n) is 5.94. The average Bonchev–Trinajstić information content (AvgIpc) is 3.42. The Bertz CT molecular complexity index is 1320. The van der Waals surface area contributed by atoms with E-state index in [9.17, 15) is 14.7 Å². The Hall–Kier alpha value is -4.17. The van der Waals surface area contributed by atoms with Gasteiger partial charge in [-0.1, -0.05) is 36.4 Å². The second-order valence-corrected chi connectivity index (χ2v) is 8.68. The molecule has 36 heavy (non-hydrogen) atoms. The van der Waals surface area contributed by atoms with Crippen LogP contribution in [-0.2, 0) is 26.1 Å². The number of hydrogen-bond donors (Lipinski definition) is 3. The predicted octanol–water partition coefficient (Wildman–Crippen LogP) is 3.90. The highest BCUT2D eigenvalue weighted by Gasteiger charge is 2.16. The monoisotopic (exact) mass is 487 g/mol. The number of aromatic carboxylic acids is 1. The normalized spacial score (nSPS) is 10.6. The van der Waals surface area contributed by atoms with E-state index in [0.29, 0.717) is 24.3 Å². The van der Waals surface area contributed by atoms with Crippen molar-refractivity contribution in [1.29, 1.82) is 0 Å². The van der Waals surface area contributed by atoms with Gasteiger partial charge in [0.05, 0.1) is 12.7 Å². The van der Waals surface area contributed by atoms with Crippen molar-refractivity contribution in [2.24, 2.45) is 11.5 Å². The van der Waals surface area contributed by atoms with Crippen molar-refractivity contribution in [3.63, 3.8) is 0 Å². The molecular weight excluding hydrogens is 454 g/mol. The molecule has 188 valence electrons. The maximum Gasteiger partial charge on any atom is 0.352 e. The van der Waals surface area contributed by atoms with Gasteiger partial charge in [-0.3, -0.25) is 9.48 Å². The maximum atomic E-state index is 11.4.